The number of imidazole rings is 1. The quantitative estimate of drug-likeness (QED) is 0.118. The van der Waals surface area contributed by atoms with E-state index in [0.29, 0.717) is 65.0 Å². The summed E-state index contributed by atoms with van der Waals surface area (Å²) in [4.78, 5) is 111. The van der Waals surface area contributed by atoms with E-state index in [1.807, 2.05) is 0 Å². The molecule has 0 aromatic carbocycles. The molecule has 2 aliphatic rings. The molecule has 7 rings (SSSR count). The monoisotopic (exact) mass is 947 g/mol. The van der Waals surface area contributed by atoms with E-state index in [4.69, 9.17) is 5.73 Å². The molecule has 1 unspecified atom stereocenters. The molecule has 7 heterocycles. The Balaban J connectivity index is 1.06. The number of carbonyl (C=O) groups is 8. The summed E-state index contributed by atoms with van der Waals surface area (Å²) in [5, 5.41) is 22.2. The van der Waals surface area contributed by atoms with Gasteiger partial charge in [0.05, 0.1) is 29.8 Å². The van der Waals surface area contributed by atoms with Crippen LogP contribution in [0.25, 0.3) is 0 Å². The fourth-order valence-corrected chi connectivity index (χ4v) is 7.76. The number of aryl methyl sites for hydroxylation is 5. The predicted molar refractivity (Wildman–Crippen MR) is 253 cm³/mol. The molecular formula is C45H55N16O8+. The molecule has 0 radical (unpaired) electrons. The van der Waals surface area contributed by atoms with Crippen LogP contribution in [-0.4, -0.2) is 102 Å². The van der Waals surface area contributed by atoms with Gasteiger partial charge in [-0.1, -0.05) is 0 Å². The lowest BCUT2D eigenvalue weighted by Gasteiger charge is -2.09. The van der Waals surface area contributed by atoms with E-state index in [1.165, 1.54) is 39.6 Å². The van der Waals surface area contributed by atoms with Crippen molar-refractivity contribution in [2.24, 2.45) is 33.9 Å². The van der Waals surface area contributed by atoms with Crippen LogP contribution in [0.15, 0.2) is 78.9 Å². The maximum Gasteiger partial charge on any atom is 0.310 e. The molecule has 5 aromatic heterocycles. The van der Waals surface area contributed by atoms with E-state index in [9.17, 15) is 38.4 Å². The van der Waals surface area contributed by atoms with E-state index in [-0.39, 0.29) is 72.7 Å². The molecule has 8 amide bonds. The molecule has 11 N–H and O–H groups in total. The van der Waals surface area contributed by atoms with Gasteiger partial charge in [0.2, 0.25) is 23.3 Å². The van der Waals surface area contributed by atoms with Crippen LogP contribution in [-0.2, 0) is 49.1 Å². The summed E-state index contributed by atoms with van der Waals surface area (Å²) in [6.07, 6.45) is 12.3. The average molecular weight is 948 g/mol. The molecule has 24 nitrogen and oxygen atoms in total. The van der Waals surface area contributed by atoms with Crippen LogP contribution in [0, 0.1) is 0 Å². The van der Waals surface area contributed by atoms with Crippen LogP contribution in [0.4, 0.5) is 28.6 Å². The number of likely N-dealkylation sites (N-methyl/N-ethyl adjacent to an activating group) is 1. The van der Waals surface area contributed by atoms with E-state index in [1.54, 1.807) is 86.0 Å². The van der Waals surface area contributed by atoms with Crippen molar-refractivity contribution in [1.82, 2.24) is 43.8 Å². The molecule has 69 heavy (non-hydrogen) atoms. The zero-order valence-electron chi connectivity index (χ0n) is 38.7. The molecule has 12 bridgehead atoms. The zero-order valence-corrected chi connectivity index (χ0v) is 38.7. The number of fused-ring (bicyclic) bond motifs is 11. The van der Waals surface area contributed by atoms with Crippen molar-refractivity contribution in [3.8, 4) is 0 Å². The van der Waals surface area contributed by atoms with Crippen LogP contribution in [0.5, 0.6) is 0 Å². The minimum atomic E-state index is -0.601. The number of hydrogen-bond acceptors (Lipinski definition) is 10. The first-order chi connectivity index (χ1) is 33.0. The molecule has 362 valence electrons. The van der Waals surface area contributed by atoms with Gasteiger partial charge in [-0.05, 0) is 50.1 Å². The molecule has 0 saturated carbocycles. The number of aromatic nitrogens is 6. The number of amides is 8. The predicted octanol–water partition coefficient (Wildman–Crippen LogP) is 0.323. The van der Waals surface area contributed by atoms with Crippen LogP contribution in [0.1, 0.15) is 84.7 Å². The first-order valence-corrected chi connectivity index (χ1v) is 22.1. The first-order valence-electron chi connectivity index (χ1n) is 22.1. The van der Waals surface area contributed by atoms with E-state index in [2.05, 4.69) is 47.5 Å². The Hall–Kier alpha value is -8.51. The molecule has 5 aromatic rings. The second-order valence-corrected chi connectivity index (χ2v) is 16.7. The van der Waals surface area contributed by atoms with E-state index < -0.39 is 41.4 Å². The second-order valence-electron chi connectivity index (χ2n) is 16.7. The third-order valence-corrected chi connectivity index (χ3v) is 11.2. The van der Waals surface area contributed by atoms with Crippen molar-refractivity contribution in [1.29, 1.82) is 0 Å². The number of carbonyl (C=O) groups excluding carboxylic acids is 8. The summed E-state index contributed by atoms with van der Waals surface area (Å²) < 4.78 is 7.74. The smallest absolute Gasteiger partial charge is 0.310 e. The summed E-state index contributed by atoms with van der Waals surface area (Å²) in [5.74, 6) is -3.53. The molecule has 1 atom stereocenters. The number of allylic oxidation sites excluding steroid dienone is 1. The first kappa shape index (κ1) is 48.4. The zero-order chi connectivity index (χ0) is 49.5. The minimum Gasteiger partial charge on any atom is -0.351 e. The van der Waals surface area contributed by atoms with Gasteiger partial charge in [0.15, 0.2) is 5.82 Å². The van der Waals surface area contributed by atoms with Gasteiger partial charge in [-0.25, -0.2) is 4.98 Å². The van der Waals surface area contributed by atoms with Crippen molar-refractivity contribution in [3.63, 3.8) is 0 Å². The number of nitrogens with zero attached hydrogens (tertiary/aromatic N) is 6. The number of nitrogens with two attached hydrogens (primary N) is 1. The Morgan fingerprint density at radius 1 is 0.565 bits per heavy atom. The van der Waals surface area contributed by atoms with Gasteiger partial charge >= 0.3 is 5.91 Å². The number of nitrogens with one attached hydrogen (secondary N) is 9. The van der Waals surface area contributed by atoms with E-state index in [0.717, 1.165) is 0 Å². The Bertz CT molecular complexity index is 2920. The van der Waals surface area contributed by atoms with Gasteiger partial charge in [-0.3, -0.25) is 43.3 Å². The van der Waals surface area contributed by atoms with Crippen LogP contribution >= 0.6 is 0 Å². The molecule has 0 saturated heterocycles. The Kier molecular flexibility index (Phi) is 14.7. The summed E-state index contributed by atoms with van der Waals surface area (Å²) in [5.41, 5.74) is 8.78. The third kappa shape index (κ3) is 11.7. The molecule has 0 fully saturated rings. The summed E-state index contributed by atoms with van der Waals surface area (Å²) >= 11 is 0. The third-order valence-electron chi connectivity index (χ3n) is 11.2. The molecule has 0 aliphatic carbocycles. The molecule has 24 heteroatoms. The summed E-state index contributed by atoms with van der Waals surface area (Å²) in [7, 11) is 8.24. The summed E-state index contributed by atoms with van der Waals surface area (Å²) in [6.45, 7) is 1.08. The lowest BCUT2D eigenvalue weighted by atomic mass is 10.2. The van der Waals surface area contributed by atoms with Gasteiger partial charge < -0.3 is 71.1 Å². The topological polar surface area (TPSA) is 301 Å². The van der Waals surface area contributed by atoms with E-state index >= 15 is 0 Å². The molecular weight excluding hydrogens is 893 g/mol. The van der Waals surface area contributed by atoms with Gasteiger partial charge in [0.1, 0.15) is 34.7 Å². The highest BCUT2D eigenvalue weighted by atomic mass is 16.2. The van der Waals surface area contributed by atoms with Crippen molar-refractivity contribution in [2.75, 3.05) is 53.3 Å². The lowest BCUT2D eigenvalue weighted by molar-refractivity contribution is -0.773. The number of anilines is 5. The Morgan fingerprint density at radius 3 is 1.61 bits per heavy atom. The number of hydrogen-bond donors (Lipinski definition) is 10. The SMILES string of the molecule is Cn1cc2cc1C(=O)NCCCC(=O)NC1=C[NH+](C)C(=C1)C(=O)Nc1cc(n(C)c1)C(=O)Nc1cc(n(CCCN)c1)C(=O)NCCCC(=O)Nc1cn(C)c(n1)C(=O)Nc1cc(n(C)c1)C(=O)N2. The van der Waals surface area contributed by atoms with Crippen LogP contribution in [0.2, 0.25) is 0 Å². The van der Waals surface area contributed by atoms with Gasteiger partial charge in [-0.15, -0.1) is 0 Å². The highest BCUT2D eigenvalue weighted by Crippen LogP contribution is 2.21. The highest BCUT2D eigenvalue weighted by molar-refractivity contribution is 6.08. The molecule has 2 aliphatic heterocycles. The minimum absolute atomic E-state index is 0.0167. The standard InChI is InChI=1S/C45H54N16O8/c1-56-21-27-16-31(56)40(64)47-12-6-9-37(62)49-26-15-32(57(2)20-26)42(66)51-28-17-33(58(3)22-28)44(68)52-30-19-35(61(24-30)14-8-11-46)41(65)48-13-7-10-38(63)54-36-25-60(5)39(55-36)45(69)53-29-18-34(43(67)50-27)59(4)23-29/h15-25H,6-14,46H2,1-5H3,(H,47,64)(H,48,65)(H,49,62)(H,50,67)(H,51,66)(H,52,68)(H,53,69)(H,54,63)/p+1. The fraction of sp³-hybridized carbons (Fsp3) is 0.311. The van der Waals surface area contributed by atoms with Crippen molar-refractivity contribution in [3.05, 3.63) is 108 Å². The maximum absolute atomic E-state index is 13.5. The number of rotatable bonds is 3. The Labute approximate surface area is 395 Å². The fourth-order valence-electron chi connectivity index (χ4n) is 7.76. The van der Waals surface area contributed by atoms with Crippen LogP contribution in [0.3, 0.4) is 0 Å². The normalized spacial score (nSPS) is 17.3. The highest BCUT2D eigenvalue weighted by Gasteiger charge is 2.27. The molecule has 0 spiro atoms. The summed E-state index contributed by atoms with van der Waals surface area (Å²) in [6, 6.07) is 6.04. The Morgan fingerprint density at radius 2 is 1.04 bits per heavy atom. The van der Waals surface area contributed by atoms with Crippen LogP contribution < -0.4 is 53.2 Å². The number of quaternary nitrogens is 1. The van der Waals surface area contributed by atoms with Gasteiger partial charge in [0.25, 0.3) is 29.5 Å². The van der Waals surface area contributed by atoms with Crippen molar-refractivity contribution < 1.29 is 43.3 Å². The second kappa shape index (κ2) is 21.0. The van der Waals surface area contributed by atoms with Gasteiger partial charge in [0, 0.05) is 97.7 Å². The largest absolute Gasteiger partial charge is 0.351 e. The maximum atomic E-state index is 13.5. The van der Waals surface area contributed by atoms with Crippen molar-refractivity contribution in [2.45, 2.75) is 38.6 Å². The van der Waals surface area contributed by atoms with Crippen molar-refractivity contribution >= 4 is 75.8 Å². The lowest BCUT2D eigenvalue weighted by Crippen LogP contribution is -3.02. The average Bonchev–Trinajstić information content (AvgIpc) is 4.16. The van der Waals surface area contributed by atoms with Gasteiger partial charge in [-0.2, -0.15) is 0 Å².